The lowest BCUT2D eigenvalue weighted by molar-refractivity contribution is 0.642. The second-order valence-electron chi connectivity index (χ2n) is 4.28. The molecule has 0 heterocycles. The summed E-state index contributed by atoms with van der Waals surface area (Å²) in [7, 11) is 0. The Bertz CT molecular complexity index is 523. The monoisotopic (exact) mass is 210 g/mol. The highest BCUT2D eigenvalue weighted by Crippen LogP contribution is 2.41. The van der Waals surface area contributed by atoms with Crippen molar-refractivity contribution in [2.75, 3.05) is 0 Å². The molecule has 2 aliphatic carbocycles. The van der Waals surface area contributed by atoms with Gasteiger partial charge in [0.15, 0.2) is 0 Å². The number of fused-ring (bicyclic) bond motifs is 3. The van der Waals surface area contributed by atoms with E-state index in [9.17, 15) is 0 Å². The van der Waals surface area contributed by atoms with Crippen LogP contribution in [0.15, 0.2) is 54.3 Å². The number of benzene rings is 1. The Morgan fingerprint density at radius 2 is 1.56 bits per heavy atom. The van der Waals surface area contributed by atoms with E-state index in [4.69, 9.17) is 11.5 Å². The van der Waals surface area contributed by atoms with Gasteiger partial charge in [-0.05, 0) is 5.56 Å². The van der Waals surface area contributed by atoms with Gasteiger partial charge in [-0.3, -0.25) is 0 Å². The highest BCUT2D eigenvalue weighted by atomic mass is 14.7. The molecule has 3 rings (SSSR count). The van der Waals surface area contributed by atoms with Crippen LogP contribution in [0.1, 0.15) is 17.0 Å². The number of rotatable bonds is 0. The summed E-state index contributed by atoms with van der Waals surface area (Å²) in [5, 5.41) is 0. The Balaban J connectivity index is 2.26. The highest BCUT2D eigenvalue weighted by molar-refractivity contribution is 5.73. The Kier molecular flexibility index (Phi) is 1.90. The molecule has 0 saturated heterocycles. The predicted molar refractivity (Wildman–Crippen MR) is 66.2 cm³/mol. The smallest absolute Gasteiger partial charge is 0.0587 e. The molecule has 0 radical (unpaired) electrons. The van der Waals surface area contributed by atoms with Crippen molar-refractivity contribution in [3.05, 3.63) is 65.4 Å². The minimum Gasteiger partial charge on any atom is -0.400 e. The number of nitrogens with two attached hydrogens (primary N) is 2. The molecule has 0 spiro atoms. The van der Waals surface area contributed by atoms with Crippen LogP contribution in [-0.4, -0.2) is 0 Å². The average molecular weight is 210 g/mol. The lowest BCUT2D eigenvalue weighted by Gasteiger charge is -2.32. The Morgan fingerprint density at radius 1 is 0.875 bits per heavy atom. The first-order valence-corrected chi connectivity index (χ1v) is 5.48. The molecule has 1 aromatic carbocycles. The van der Waals surface area contributed by atoms with Crippen LogP contribution in [0.2, 0.25) is 0 Å². The van der Waals surface area contributed by atoms with E-state index in [1.54, 1.807) is 0 Å². The standard InChI is InChI=1S/C14H14N2/c15-13-11-7-3-1-5-9(11)10-6-2-4-8-12(10)14(13)16/h1-9,11H,15-16H2. The van der Waals surface area contributed by atoms with Crippen LogP contribution in [0.4, 0.5) is 0 Å². The zero-order chi connectivity index (χ0) is 11.1. The first-order valence-electron chi connectivity index (χ1n) is 5.48. The fourth-order valence-corrected chi connectivity index (χ4v) is 2.57. The van der Waals surface area contributed by atoms with E-state index in [2.05, 4.69) is 30.4 Å². The van der Waals surface area contributed by atoms with Crippen LogP contribution in [0.5, 0.6) is 0 Å². The molecule has 0 saturated carbocycles. The van der Waals surface area contributed by atoms with Crippen molar-refractivity contribution in [1.82, 2.24) is 0 Å². The SMILES string of the molecule is NC1=C(N)C2C=CC=CC2c2ccccc21. The Labute approximate surface area is 95.0 Å². The fourth-order valence-electron chi connectivity index (χ4n) is 2.57. The molecule has 0 aromatic heterocycles. The second kappa shape index (κ2) is 3.27. The number of allylic oxidation sites excluding steroid dienone is 4. The van der Waals surface area contributed by atoms with E-state index in [1.165, 1.54) is 5.56 Å². The van der Waals surface area contributed by atoms with Gasteiger partial charge in [-0.15, -0.1) is 0 Å². The molecular weight excluding hydrogens is 196 g/mol. The van der Waals surface area contributed by atoms with Gasteiger partial charge in [0.25, 0.3) is 0 Å². The van der Waals surface area contributed by atoms with Crippen LogP contribution in [0.3, 0.4) is 0 Å². The molecule has 2 aliphatic rings. The van der Waals surface area contributed by atoms with E-state index in [0.717, 1.165) is 17.0 Å². The van der Waals surface area contributed by atoms with Gasteiger partial charge >= 0.3 is 0 Å². The van der Waals surface area contributed by atoms with Crippen molar-refractivity contribution in [3.8, 4) is 0 Å². The van der Waals surface area contributed by atoms with Gasteiger partial charge in [0.05, 0.1) is 5.70 Å². The van der Waals surface area contributed by atoms with Gasteiger partial charge in [0, 0.05) is 23.1 Å². The summed E-state index contributed by atoms with van der Waals surface area (Å²) in [6, 6.07) is 8.23. The molecule has 2 heteroatoms. The van der Waals surface area contributed by atoms with E-state index < -0.39 is 0 Å². The maximum Gasteiger partial charge on any atom is 0.0587 e. The molecule has 0 bridgehead atoms. The first kappa shape index (κ1) is 9.28. The molecule has 80 valence electrons. The molecule has 2 unspecified atom stereocenters. The molecule has 0 amide bonds. The minimum absolute atomic E-state index is 0.222. The molecule has 0 aliphatic heterocycles. The molecule has 2 atom stereocenters. The molecule has 16 heavy (non-hydrogen) atoms. The van der Waals surface area contributed by atoms with Gasteiger partial charge in [-0.1, -0.05) is 48.6 Å². The second-order valence-corrected chi connectivity index (χ2v) is 4.28. The third kappa shape index (κ3) is 1.13. The zero-order valence-electron chi connectivity index (χ0n) is 8.93. The third-order valence-electron chi connectivity index (χ3n) is 3.42. The minimum atomic E-state index is 0.222. The first-order chi connectivity index (χ1) is 7.79. The summed E-state index contributed by atoms with van der Waals surface area (Å²) in [5.74, 6) is 0.563. The highest BCUT2D eigenvalue weighted by Gasteiger charge is 2.30. The van der Waals surface area contributed by atoms with Crippen molar-refractivity contribution in [3.63, 3.8) is 0 Å². The summed E-state index contributed by atoms with van der Waals surface area (Å²) >= 11 is 0. The van der Waals surface area contributed by atoms with Crippen molar-refractivity contribution in [1.29, 1.82) is 0 Å². The zero-order valence-corrected chi connectivity index (χ0v) is 8.93. The van der Waals surface area contributed by atoms with Gasteiger partial charge in [-0.25, -0.2) is 0 Å². The molecule has 4 N–H and O–H groups in total. The van der Waals surface area contributed by atoms with Gasteiger partial charge in [-0.2, -0.15) is 0 Å². The quantitative estimate of drug-likeness (QED) is 0.689. The molecule has 0 fully saturated rings. The van der Waals surface area contributed by atoms with E-state index in [0.29, 0.717) is 5.92 Å². The largest absolute Gasteiger partial charge is 0.400 e. The van der Waals surface area contributed by atoms with Crippen molar-refractivity contribution in [2.45, 2.75) is 5.92 Å². The van der Waals surface area contributed by atoms with Gasteiger partial charge < -0.3 is 11.5 Å². The summed E-state index contributed by atoms with van der Waals surface area (Å²) < 4.78 is 0. The Morgan fingerprint density at radius 3 is 2.38 bits per heavy atom. The predicted octanol–water partition coefficient (Wildman–Crippen LogP) is 2.11. The van der Waals surface area contributed by atoms with Crippen molar-refractivity contribution >= 4 is 5.70 Å². The van der Waals surface area contributed by atoms with E-state index in [1.807, 2.05) is 18.2 Å². The summed E-state index contributed by atoms with van der Waals surface area (Å²) in [6.45, 7) is 0. The lowest BCUT2D eigenvalue weighted by Crippen LogP contribution is -2.27. The van der Waals surface area contributed by atoms with Crippen LogP contribution in [0.25, 0.3) is 5.70 Å². The van der Waals surface area contributed by atoms with Crippen molar-refractivity contribution in [2.24, 2.45) is 17.4 Å². The van der Waals surface area contributed by atoms with Crippen molar-refractivity contribution < 1.29 is 0 Å². The average Bonchev–Trinajstić information content (AvgIpc) is 2.36. The van der Waals surface area contributed by atoms with E-state index in [-0.39, 0.29) is 5.92 Å². The maximum absolute atomic E-state index is 6.12. The number of hydrogen-bond donors (Lipinski definition) is 2. The van der Waals surface area contributed by atoms with Crippen LogP contribution in [-0.2, 0) is 0 Å². The van der Waals surface area contributed by atoms with Crippen LogP contribution in [0, 0.1) is 5.92 Å². The topological polar surface area (TPSA) is 52.0 Å². The fraction of sp³-hybridized carbons (Fsp3) is 0.143. The molecule has 1 aromatic rings. The molecule has 2 nitrogen and oxygen atoms in total. The van der Waals surface area contributed by atoms with Crippen LogP contribution < -0.4 is 11.5 Å². The normalized spacial score (nSPS) is 26.5. The van der Waals surface area contributed by atoms with Gasteiger partial charge in [0.1, 0.15) is 0 Å². The lowest BCUT2D eigenvalue weighted by atomic mass is 9.74. The summed E-state index contributed by atoms with van der Waals surface area (Å²) in [4.78, 5) is 0. The summed E-state index contributed by atoms with van der Waals surface area (Å²) in [5.41, 5.74) is 16.1. The number of hydrogen-bond acceptors (Lipinski definition) is 2. The van der Waals surface area contributed by atoms with Crippen LogP contribution >= 0.6 is 0 Å². The third-order valence-corrected chi connectivity index (χ3v) is 3.42. The van der Waals surface area contributed by atoms with Gasteiger partial charge in [0.2, 0.25) is 0 Å². The van der Waals surface area contributed by atoms with E-state index >= 15 is 0 Å². The summed E-state index contributed by atoms with van der Waals surface area (Å²) in [6.07, 6.45) is 8.44. The molecular formula is C14H14N2. The maximum atomic E-state index is 6.12. The Hall–Kier alpha value is -1.96.